The lowest BCUT2D eigenvalue weighted by Crippen LogP contribution is -2.04. The molecule has 0 N–H and O–H groups in total. The Morgan fingerprint density at radius 3 is 2.31 bits per heavy atom. The fourth-order valence-corrected chi connectivity index (χ4v) is 1.00. The van der Waals surface area contributed by atoms with E-state index in [1.54, 1.807) is 0 Å². The van der Waals surface area contributed by atoms with Crippen molar-refractivity contribution in [3.8, 4) is 5.75 Å². The number of ether oxygens (including phenoxy) is 1. The van der Waals surface area contributed by atoms with Crippen LogP contribution >= 0.6 is 15.9 Å². The van der Waals surface area contributed by atoms with Crippen molar-refractivity contribution in [2.45, 2.75) is 6.61 Å². The van der Waals surface area contributed by atoms with Crippen molar-refractivity contribution in [1.82, 2.24) is 0 Å². The van der Waals surface area contributed by atoms with Crippen LogP contribution in [0.3, 0.4) is 0 Å². The molecule has 0 saturated heterocycles. The van der Waals surface area contributed by atoms with Crippen LogP contribution in [0, 0.1) is 11.6 Å². The summed E-state index contributed by atoms with van der Waals surface area (Å²) < 4.78 is 52.2. The van der Waals surface area contributed by atoms with E-state index in [-0.39, 0.29) is 4.47 Å². The van der Waals surface area contributed by atoms with E-state index in [0.29, 0.717) is 0 Å². The molecule has 0 aromatic heterocycles. The lowest BCUT2D eigenvalue weighted by Gasteiger charge is -2.06. The Balaban J connectivity index is 3.04. The molecule has 1 aromatic rings. The van der Waals surface area contributed by atoms with Gasteiger partial charge in [-0.05, 0) is 28.1 Å². The number of halogens is 5. The van der Waals surface area contributed by atoms with Gasteiger partial charge in [0.15, 0.2) is 11.6 Å². The van der Waals surface area contributed by atoms with Gasteiger partial charge in [-0.2, -0.15) is 13.2 Å². The first-order valence-corrected chi connectivity index (χ1v) is 3.90. The summed E-state index contributed by atoms with van der Waals surface area (Å²) in [5.74, 6) is -3.50. The van der Waals surface area contributed by atoms with Gasteiger partial charge in [0.1, 0.15) is 0 Å². The third-order valence-corrected chi connectivity index (χ3v) is 1.83. The molecular formula is C7H3BrF4O. The summed E-state index contributed by atoms with van der Waals surface area (Å²) in [5, 5.41) is 0. The van der Waals surface area contributed by atoms with E-state index in [2.05, 4.69) is 20.7 Å². The van der Waals surface area contributed by atoms with Gasteiger partial charge in [0, 0.05) is 0 Å². The average Bonchev–Trinajstić information content (AvgIpc) is 2.06. The third-order valence-electron chi connectivity index (χ3n) is 1.22. The molecule has 0 fully saturated rings. The maximum atomic E-state index is 12.8. The molecule has 1 aromatic carbocycles. The molecule has 0 aliphatic rings. The van der Waals surface area contributed by atoms with Gasteiger partial charge in [0.2, 0.25) is 5.82 Å². The standard InChI is InChI=1S/C7H3BrF4O/c8-3-1-2-4(13-7(11)12)6(10)5(3)9/h1-2,7H. The summed E-state index contributed by atoms with van der Waals surface area (Å²) in [4.78, 5) is 0. The molecule has 6 heteroatoms. The molecule has 0 bridgehead atoms. The summed E-state index contributed by atoms with van der Waals surface area (Å²) in [5.41, 5.74) is 0. The molecule has 0 saturated carbocycles. The molecule has 0 spiro atoms. The Kier molecular flexibility index (Phi) is 3.13. The van der Waals surface area contributed by atoms with Crippen LogP contribution in [0.5, 0.6) is 5.75 Å². The zero-order chi connectivity index (χ0) is 10.0. The number of alkyl halides is 2. The summed E-state index contributed by atoms with van der Waals surface area (Å²) >= 11 is 2.69. The molecule has 13 heavy (non-hydrogen) atoms. The highest BCUT2D eigenvalue weighted by Gasteiger charge is 2.15. The maximum Gasteiger partial charge on any atom is 0.387 e. The highest BCUT2D eigenvalue weighted by molar-refractivity contribution is 9.10. The highest BCUT2D eigenvalue weighted by Crippen LogP contribution is 2.26. The minimum absolute atomic E-state index is 0.147. The Morgan fingerprint density at radius 1 is 1.15 bits per heavy atom. The SMILES string of the molecule is Fc1c(Br)ccc(OC(F)F)c1F. The zero-order valence-corrected chi connectivity index (χ0v) is 7.62. The molecule has 0 atom stereocenters. The maximum absolute atomic E-state index is 12.8. The third kappa shape index (κ3) is 2.33. The minimum Gasteiger partial charge on any atom is -0.432 e. The van der Waals surface area contributed by atoms with E-state index < -0.39 is 24.0 Å². The van der Waals surface area contributed by atoms with E-state index in [4.69, 9.17) is 0 Å². The Morgan fingerprint density at radius 2 is 1.77 bits per heavy atom. The quantitative estimate of drug-likeness (QED) is 0.584. The largest absolute Gasteiger partial charge is 0.432 e. The van der Waals surface area contributed by atoms with Crippen LogP contribution in [-0.4, -0.2) is 6.61 Å². The van der Waals surface area contributed by atoms with Gasteiger partial charge in [-0.1, -0.05) is 0 Å². The van der Waals surface area contributed by atoms with Gasteiger partial charge in [-0.3, -0.25) is 0 Å². The lowest BCUT2D eigenvalue weighted by molar-refractivity contribution is -0.0525. The summed E-state index contributed by atoms with van der Waals surface area (Å²) in [7, 11) is 0. The van der Waals surface area contributed by atoms with Crippen LogP contribution in [0.4, 0.5) is 17.6 Å². The first-order chi connectivity index (χ1) is 6.02. The highest BCUT2D eigenvalue weighted by atomic mass is 79.9. The second-order valence-corrected chi connectivity index (χ2v) is 2.91. The second-order valence-electron chi connectivity index (χ2n) is 2.05. The van der Waals surface area contributed by atoms with Crippen molar-refractivity contribution in [2.24, 2.45) is 0 Å². The van der Waals surface area contributed by atoms with E-state index in [1.807, 2.05) is 0 Å². The van der Waals surface area contributed by atoms with Crippen LogP contribution in [0.1, 0.15) is 0 Å². The first kappa shape index (κ1) is 10.3. The Labute approximate surface area is 79.4 Å². The lowest BCUT2D eigenvalue weighted by atomic mass is 10.3. The van der Waals surface area contributed by atoms with Gasteiger partial charge in [-0.25, -0.2) is 4.39 Å². The molecule has 0 aliphatic heterocycles. The van der Waals surface area contributed by atoms with Crippen LogP contribution in [0.15, 0.2) is 16.6 Å². The minimum atomic E-state index is -3.17. The predicted molar refractivity (Wildman–Crippen MR) is 40.7 cm³/mol. The van der Waals surface area contributed by atoms with Crippen LogP contribution in [0.2, 0.25) is 0 Å². The van der Waals surface area contributed by atoms with Gasteiger partial charge < -0.3 is 4.74 Å². The van der Waals surface area contributed by atoms with E-state index in [1.165, 1.54) is 0 Å². The number of hydrogen-bond acceptors (Lipinski definition) is 1. The zero-order valence-electron chi connectivity index (χ0n) is 6.03. The van der Waals surface area contributed by atoms with Crippen molar-refractivity contribution in [3.05, 3.63) is 28.2 Å². The topological polar surface area (TPSA) is 9.23 Å². The Hall–Kier alpha value is -0.780. The molecule has 0 aliphatic carbocycles. The van der Waals surface area contributed by atoms with Crippen molar-refractivity contribution in [2.75, 3.05) is 0 Å². The number of rotatable bonds is 2. The molecule has 0 radical (unpaired) electrons. The molecular weight excluding hydrogens is 256 g/mol. The molecule has 1 rings (SSSR count). The van der Waals surface area contributed by atoms with E-state index in [9.17, 15) is 17.6 Å². The second kappa shape index (κ2) is 3.95. The normalized spacial score (nSPS) is 10.6. The van der Waals surface area contributed by atoms with Gasteiger partial charge in [0.05, 0.1) is 4.47 Å². The van der Waals surface area contributed by atoms with Crippen molar-refractivity contribution >= 4 is 15.9 Å². The average molecular weight is 259 g/mol. The van der Waals surface area contributed by atoms with E-state index in [0.717, 1.165) is 12.1 Å². The van der Waals surface area contributed by atoms with Crippen molar-refractivity contribution in [1.29, 1.82) is 0 Å². The predicted octanol–water partition coefficient (Wildman–Crippen LogP) is 3.33. The monoisotopic (exact) mass is 258 g/mol. The van der Waals surface area contributed by atoms with Crippen LogP contribution in [0.25, 0.3) is 0 Å². The number of hydrogen-bond donors (Lipinski definition) is 0. The molecule has 1 nitrogen and oxygen atoms in total. The number of benzene rings is 1. The summed E-state index contributed by atoms with van der Waals surface area (Å²) in [6.07, 6.45) is 0. The Bertz CT molecular complexity index is 316. The summed E-state index contributed by atoms with van der Waals surface area (Å²) in [6.45, 7) is -3.17. The molecule has 0 amide bonds. The van der Waals surface area contributed by atoms with Crippen molar-refractivity contribution in [3.63, 3.8) is 0 Å². The summed E-state index contributed by atoms with van der Waals surface area (Å²) in [6, 6.07) is 1.99. The van der Waals surface area contributed by atoms with Crippen LogP contribution in [-0.2, 0) is 0 Å². The van der Waals surface area contributed by atoms with Gasteiger partial charge >= 0.3 is 6.61 Å². The fourth-order valence-electron chi connectivity index (χ4n) is 0.695. The fraction of sp³-hybridized carbons (Fsp3) is 0.143. The van der Waals surface area contributed by atoms with E-state index >= 15 is 0 Å². The van der Waals surface area contributed by atoms with Gasteiger partial charge in [-0.15, -0.1) is 0 Å². The molecule has 72 valence electrons. The molecule has 0 heterocycles. The first-order valence-electron chi connectivity index (χ1n) is 3.10. The molecule has 0 unspecified atom stereocenters. The smallest absolute Gasteiger partial charge is 0.387 e. The van der Waals surface area contributed by atoms with Crippen molar-refractivity contribution < 1.29 is 22.3 Å². The van der Waals surface area contributed by atoms with Crippen LogP contribution < -0.4 is 4.74 Å². The van der Waals surface area contributed by atoms with Gasteiger partial charge in [0.25, 0.3) is 0 Å².